The number of hydrogen-bond donors (Lipinski definition) is 1. The van der Waals surface area contributed by atoms with Gasteiger partial charge in [-0.15, -0.1) is 0 Å². The third-order valence-corrected chi connectivity index (χ3v) is 5.74. The summed E-state index contributed by atoms with van der Waals surface area (Å²) in [6, 6.07) is 9.83. The van der Waals surface area contributed by atoms with Gasteiger partial charge in [0.25, 0.3) is 0 Å². The summed E-state index contributed by atoms with van der Waals surface area (Å²) in [6.07, 6.45) is 6.32. The summed E-state index contributed by atoms with van der Waals surface area (Å²) in [4.78, 5) is 16.7. The van der Waals surface area contributed by atoms with Crippen LogP contribution < -0.4 is 5.32 Å². The number of carbonyl (C=O) groups excluding carboxylic acids is 1. The van der Waals surface area contributed by atoms with Crippen molar-refractivity contribution in [2.24, 2.45) is 11.3 Å². The smallest absolute Gasteiger partial charge is 0.230 e. The van der Waals surface area contributed by atoms with Crippen molar-refractivity contribution < 1.29 is 4.79 Å². The van der Waals surface area contributed by atoms with Gasteiger partial charge in [-0.3, -0.25) is 4.79 Å². The zero-order valence-corrected chi connectivity index (χ0v) is 14.7. The van der Waals surface area contributed by atoms with E-state index in [1.807, 2.05) is 42.3 Å². The first kappa shape index (κ1) is 16.3. The predicted molar refractivity (Wildman–Crippen MR) is 95.1 cm³/mol. The molecule has 1 aliphatic carbocycles. The van der Waals surface area contributed by atoms with Crippen molar-refractivity contribution in [2.75, 3.05) is 20.1 Å². The van der Waals surface area contributed by atoms with Gasteiger partial charge in [0.1, 0.15) is 5.69 Å². The molecule has 2 heterocycles. The Bertz CT molecular complexity index is 743. The molecule has 2 aromatic rings. The molecule has 132 valence electrons. The lowest BCUT2D eigenvalue weighted by molar-refractivity contribution is -0.144. The summed E-state index contributed by atoms with van der Waals surface area (Å²) in [5.41, 5.74) is 1.53. The molecule has 0 bridgehead atoms. The van der Waals surface area contributed by atoms with Crippen LogP contribution in [-0.4, -0.2) is 45.9 Å². The summed E-state index contributed by atoms with van der Waals surface area (Å²) in [6.45, 7) is 2.29. The highest BCUT2D eigenvalue weighted by Crippen LogP contribution is 2.45. The van der Waals surface area contributed by atoms with Crippen LogP contribution in [0.1, 0.15) is 31.4 Å². The van der Waals surface area contributed by atoms with Crippen molar-refractivity contribution in [1.82, 2.24) is 25.2 Å². The third kappa shape index (κ3) is 2.95. The minimum Gasteiger partial charge on any atom is -0.339 e. The van der Waals surface area contributed by atoms with Crippen molar-refractivity contribution in [3.63, 3.8) is 0 Å². The average Bonchev–Trinajstić information content (AvgIpc) is 3.29. The Morgan fingerprint density at radius 1 is 1.36 bits per heavy atom. The molecule has 6 nitrogen and oxygen atoms in total. The number of nitrogens with one attached hydrogen (secondary N) is 1. The number of para-hydroxylation sites is 1. The molecular formula is C19H25N5O. The van der Waals surface area contributed by atoms with Crippen LogP contribution in [0.2, 0.25) is 0 Å². The number of benzene rings is 1. The third-order valence-electron chi connectivity index (χ3n) is 5.74. The molecule has 1 aromatic heterocycles. The van der Waals surface area contributed by atoms with Crippen molar-refractivity contribution in [3.8, 4) is 5.69 Å². The van der Waals surface area contributed by atoms with Crippen molar-refractivity contribution in [2.45, 2.75) is 32.2 Å². The quantitative estimate of drug-likeness (QED) is 0.925. The molecule has 1 N–H and O–H groups in total. The van der Waals surface area contributed by atoms with Crippen LogP contribution in [0, 0.1) is 11.3 Å². The molecule has 25 heavy (non-hydrogen) atoms. The zero-order valence-electron chi connectivity index (χ0n) is 14.7. The number of aromatic nitrogens is 3. The summed E-state index contributed by atoms with van der Waals surface area (Å²) in [5, 5.41) is 12.3. The van der Waals surface area contributed by atoms with E-state index in [1.54, 1.807) is 11.0 Å². The summed E-state index contributed by atoms with van der Waals surface area (Å²) in [5.74, 6) is 0.743. The second-order valence-electron chi connectivity index (χ2n) is 7.35. The molecule has 2 atom stereocenters. The molecule has 6 heteroatoms. The molecule has 1 saturated heterocycles. The van der Waals surface area contributed by atoms with E-state index in [2.05, 4.69) is 15.5 Å². The van der Waals surface area contributed by atoms with E-state index in [1.165, 1.54) is 6.42 Å². The van der Waals surface area contributed by atoms with Gasteiger partial charge in [0.05, 0.1) is 23.8 Å². The van der Waals surface area contributed by atoms with E-state index >= 15 is 0 Å². The van der Waals surface area contributed by atoms with Crippen LogP contribution in [0.5, 0.6) is 0 Å². The number of fused-ring (bicyclic) bond motifs is 1. The zero-order chi connectivity index (χ0) is 17.3. The highest BCUT2D eigenvalue weighted by molar-refractivity contribution is 5.83. The van der Waals surface area contributed by atoms with Gasteiger partial charge in [-0.2, -0.15) is 15.0 Å². The van der Waals surface area contributed by atoms with Crippen molar-refractivity contribution in [3.05, 3.63) is 42.2 Å². The van der Waals surface area contributed by atoms with Gasteiger partial charge in [-0.1, -0.05) is 31.0 Å². The number of carbonyl (C=O) groups is 1. The van der Waals surface area contributed by atoms with E-state index in [9.17, 15) is 4.79 Å². The van der Waals surface area contributed by atoms with Gasteiger partial charge in [0.15, 0.2) is 0 Å². The van der Waals surface area contributed by atoms with Gasteiger partial charge in [0, 0.05) is 13.6 Å². The summed E-state index contributed by atoms with van der Waals surface area (Å²) < 4.78 is 0. The van der Waals surface area contributed by atoms with E-state index in [-0.39, 0.29) is 11.3 Å². The summed E-state index contributed by atoms with van der Waals surface area (Å²) in [7, 11) is 1.89. The van der Waals surface area contributed by atoms with Crippen LogP contribution in [0.15, 0.2) is 36.5 Å². The van der Waals surface area contributed by atoms with Crippen LogP contribution >= 0.6 is 0 Å². The Morgan fingerprint density at radius 3 is 3.04 bits per heavy atom. The fourth-order valence-corrected chi connectivity index (χ4v) is 4.42. The number of rotatable bonds is 4. The van der Waals surface area contributed by atoms with E-state index < -0.39 is 0 Å². The average molecular weight is 339 g/mol. The van der Waals surface area contributed by atoms with Crippen molar-refractivity contribution >= 4 is 5.91 Å². The number of hydrogen-bond acceptors (Lipinski definition) is 4. The SMILES string of the molecule is CN(Cc1cnn(-c2ccccc2)n1)C(=O)[C@@]12CCCC[C@H]1CNC2. The highest BCUT2D eigenvalue weighted by Gasteiger charge is 2.50. The first-order valence-corrected chi connectivity index (χ1v) is 9.12. The maximum Gasteiger partial charge on any atom is 0.230 e. The lowest BCUT2D eigenvalue weighted by Gasteiger charge is -2.39. The second kappa shape index (κ2) is 6.59. The molecule has 0 spiro atoms. The van der Waals surface area contributed by atoms with E-state index in [4.69, 9.17) is 0 Å². The van der Waals surface area contributed by atoms with Crippen molar-refractivity contribution in [1.29, 1.82) is 0 Å². The largest absolute Gasteiger partial charge is 0.339 e. The van der Waals surface area contributed by atoms with E-state index in [0.29, 0.717) is 12.5 Å². The Labute approximate surface area is 148 Å². The monoisotopic (exact) mass is 339 g/mol. The van der Waals surface area contributed by atoms with Crippen LogP contribution in [0.4, 0.5) is 0 Å². The Hall–Kier alpha value is -2.21. The normalized spacial score (nSPS) is 25.6. The molecular weight excluding hydrogens is 314 g/mol. The molecule has 2 fully saturated rings. The van der Waals surface area contributed by atoms with Crippen LogP contribution in [-0.2, 0) is 11.3 Å². The lowest BCUT2D eigenvalue weighted by atomic mass is 9.67. The van der Waals surface area contributed by atoms with Crippen LogP contribution in [0.25, 0.3) is 5.69 Å². The molecule has 0 unspecified atom stereocenters. The number of nitrogens with zero attached hydrogens (tertiary/aromatic N) is 4. The standard InChI is InChI=1S/C19H25N5O/c1-23(18(25)19-10-6-5-7-15(19)11-20-14-19)13-16-12-21-24(22-16)17-8-3-2-4-9-17/h2-4,8-9,12,15,20H,5-7,10-11,13-14H2,1H3/t15-,19+/m0/s1. The minimum absolute atomic E-state index is 0.206. The maximum absolute atomic E-state index is 13.2. The second-order valence-corrected chi connectivity index (χ2v) is 7.35. The molecule has 0 radical (unpaired) electrons. The first-order chi connectivity index (χ1) is 12.2. The van der Waals surface area contributed by atoms with E-state index in [0.717, 1.165) is 43.7 Å². The molecule has 4 rings (SSSR count). The minimum atomic E-state index is -0.206. The fraction of sp³-hybridized carbons (Fsp3) is 0.526. The maximum atomic E-state index is 13.2. The molecule has 1 amide bonds. The molecule has 1 aliphatic heterocycles. The Morgan fingerprint density at radius 2 is 2.20 bits per heavy atom. The fourth-order valence-electron chi connectivity index (χ4n) is 4.42. The van der Waals surface area contributed by atoms with Gasteiger partial charge in [-0.25, -0.2) is 0 Å². The topological polar surface area (TPSA) is 63.1 Å². The molecule has 1 saturated carbocycles. The molecule has 2 aliphatic rings. The van der Waals surface area contributed by atoms with Gasteiger partial charge in [0.2, 0.25) is 5.91 Å². The predicted octanol–water partition coefficient (Wildman–Crippen LogP) is 2.01. The summed E-state index contributed by atoms with van der Waals surface area (Å²) >= 11 is 0. The van der Waals surface area contributed by atoms with Crippen LogP contribution in [0.3, 0.4) is 0 Å². The first-order valence-electron chi connectivity index (χ1n) is 9.12. The highest BCUT2D eigenvalue weighted by atomic mass is 16.2. The number of amides is 1. The van der Waals surface area contributed by atoms with Gasteiger partial charge < -0.3 is 10.2 Å². The lowest BCUT2D eigenvalue weighted by Crippen LogP contribution is -2.48. The van der Waals surface area contributed by atoms with Gasteiger partial charge in [-0.05, 0) is 37.4 Å². The molecule has 1 aromatic carbocycles. The van der Waals surface area contributed by atoms with Gasteiger partial charge >= 0.3 is 0 Å². The Balaban J connectivity index is 1.48. The Kier molecular flexibility index (Phi) is 4.29.